The Kier molecular flexibility index (Phi) is 3.81. The van der Waals surface area contributed by atoms with Crippen molar-refractivity contribution >= 4 is 23.5 Å². The maximum Gasteiger partial charge on any atom is 0.347 e. The standard InChI is InChI=1S/C15H14N4O2S/c1-10-12(13(20)21)22-14(17-10)15(9-16-19-18-15)8-7-11-5-3-2-4-6-11/h2-6,9H,7-8H2,1H3,(H,20,21). The molecule has 1 N–H and O–H groups in total. The second-order valence-electron chi connectivity index (χ2n) is 5.08. The fourth-order valence-corrected chi connectivity index (χ4v) is 3.36. The van der Waals surface area contributed by atoms with E-state index in [9.17, 15) is 9.90 Å². The van der Waals surface area contributed by atoms with E-state index >= 15 is 0 Å². The van der Waals surface area contributed by atoms with Crippen LogP contribution in [-0.4, -0.2) is 22.3 Å². The highest BCUT2D eigenvalue weighted by Crippen LogP contribution is 2.36. The first-order valence-corrected chi connectivity index (χ1v) is 7.64. The topological polar surface area (TPSA) is 87.3 Å². The molecule has 1 atom stereocenters. The summed E-state index contributed by atoms with van der Waals surface area (Å²) >= 11 is 1.14. The van der Waals surface area contributed by atoms with Crippen molar-refractivity contribution in [2.45, 2.75) is 25.3 Å². The van der Waals surface area contributed by atoms with Crippen LogP contribution in [-0.2, 0) is 12.0 Å². The number of benzene rings is 1. The van der Waals surface area contributed by atoms with Gasteiger partial charge in [0.1, 0.15) is 9.88 Å². The summed E-state index contributed by atoms with van der Waals surface area (Å²) in [5, 5.41) is 21.6. The molecule has 1 aliphatic heterocycles. The number of carboxylic acid groups (broad SMARTS) is 1. The van der Waals surface area contributed by atoms with E-state index in [4.69, 9.17) is 0 Å². The molecule has 0 amide bonds. The Bertz CT molecular complexity index is 740. The van der Waals surface area contributed by atoms with E-state index < -0.39 is 11.5 Å². The van der Waals surface area contributed by atoms with Gasteiger partial charge in [0.25, 0.3) is 0 Å². The molecule has 3 rings (SSSR count). The van der Waals surface area contributed by atoms with Crippen LogP contribution in [0.15, 0.2) is 45.8 Å². The van der Waals surface area contributed by atoms with Gasteiger partial charge in [-0.05, 0) is 30.6 Å². The third kappa shape index (κ3) is 2.67. The Balaban J connectivity index is 1.89. The van der Waals surface area contributed by atoms with Crippen LogP contribution in [0.2, 0.25) is 0 Å². The van der Waals surface area contributed by atoms with Crippen LogP contribution < -0.4 is 0 Å². The number of carboxylic acids is 1. The van der Waals surface area contributed by atoms with Crippen molar-refractivity contribution in [2.75, 3.05) is 0 Å². The molecule has 0 saturated heterocycles. The second kappa shape index (κ2) is 5.76. The Hall–Kier alpha value is -2.41. The molecule has 6 nitrogen and oxygen atoms in total. The predicted molar refractivity (Wildman–Crippen MR) is 83.6 cm³/mol. The molecular formula is C15H14N4O2S. The zero-order valence-corrected chi connectivity index (χ0v) is 12.7. The summed E-state index contributed by atoms with van der Waals surface area (Å²) in [5.74, 6) is -0.966. The fraction of sp³-hybridized carbons (Fsp3) is 0.267. The molecule has 2 aromatic rings. The number of rotatable bonds is 5. The van der Waals surface area contributed by atoms with E-state index in [2.05, 4.69) is 20.4 Å². The molecule has 112 valence electrons. The first kappa shape index (κ1) is 14.5. The van der Waals surface area contributed by atoms with Crippen molar-refractivity contribution in [3.63, 3.8) is 0 Å². The predicted octanol–water partition coefficient (Wildman–Crippen LogP) is 3.43. The smallest absolute Gasteiger partial charge is 0.347 e. The summed E-state index contributed by atoms with van der Waals surface area (Å²) in [4.78, 5) is 15.8. The molecule has 0 fully saturated rings. The van der Waals surface area contributed by atoms with Gasteiger partial charge in [0.15, 0.2) is 5.54 Å². The van der Waals surface area contributed by atoms with Crippen LogP contribution in [0.3, 0.4) is 0 Å². The highest BCUT2D eigenvalue weighted by Gasteiger charge is 2.37. The maximum atomic E-state index is 11.2. The lowest BCUT2D eigenvalue weighted by Crippen LogP contribution is -2.24. The van der Waals surface area contributed by atoms with Crippen molar-refractivity contribution in [1.29, 1.82) is 0 Å². The largest absolute Gasteiger partial charge is 0.477 e. The number of hydrogen-bond donors (Lipinski definition) is 1. The fourth-order valence-electron chi connectivity index (χ4n) is 2.33. The van der Waals surface area contributed by atoms with Gasteiger partial charge in [-0.3, -0.25) is 0 Å². The molecule has 0 aliphatic carbocycles. The quantitative estimate of drug-likeness (QED) is 0.917. The molecule has 0 spiro atoms. The minimum absolute atomic E-state index is 0.240. The molecule has 0 radical (unpaired) electrons. The lowest BCUT2D eigenvalue weighted by atomic mass is 9.94. The Labute approximate surface area is 131 Å². The molecule has 1 unspecified atom stereocenters. The average molecular weight is 314 g/mol. The number of hydrogen-bond acceptors (Lipinski definition) is 6. The van der Waals surface area contributed by atoms with Gasteiger partial charge >= 0.3 is 5.97 Å². The van der Waals surface area contributed by atoms with Crippen molar-refractivity contribution in [2.24, 2.45) is 15.4 Å². The Morgan fingerprint density at radius 3 is 2.68 bits per heavy atom. The lowest BCUT2D eigenvalue weighted by molar-refractivity contribution is 0.0701. The minimum Gasteiger partial charge on any atom is -0.477 e. The van der Waals surface area contributed by atoms with Gasteiger partial charge in [0.05, 0.1) is 11.9 Å². The van der Waals surface area contributed by atoms with Crippen molar-refractivity contribution in [3.8, 4) is 0 Å². The first-order chi connectivity index (χ1) is 10.6. The van der Waals surface area contributed by atoms with Crippen LogP contribution in [0.1, 0.15) is 32.4 Å². The summed E-state index contributed by atoms with van der Waals surface area (Å²) in [6.45, 7) is 1.69. The zero-order valence-electron chi connectivity index (χ0n) is 11.9. The summed E-state index contributed by atoms with van der Waals surface area (Å²) in [5.41, 5.74) is 0.935. The number of nitrogens with zero attached hydrogens (tertiary/aromatic N) is 4. The summed E-state index contributed by atoms with van der Waals surface area (Å²) in [7, 11) is 0. The van der Waals surface area contributed by atoms with Crippen LogP contribution >= 0.6 is 11.3 Å². The molecular weight excluding hydrogens is 300 g/mol. The molecule has 0 bridgehead atoms. The number of carbonyl (C=O) groups is 1. The van der Waals surface area contributed by atoms with E-state index in [0.29, 0.717) is 17.1 Å². The molecule has 2 heterocycles. The highest BCUT2D eigenvalue weighted by molar-refractivity contribution is 7.14. The van der Waals surface area contributed by atoms with E-state index in [-0.39, 0.29) is 4.88 Å². The molecule has 7 heteroatoms. The van der Waals surface area contributed by atoms with Crippen molar-refractivity contribution < 1.29 is 9.90 Å². The SMILES string of the molecule is Cc1nc(C2(CCc3ccccc3)C=NN=N2)sc1C(=O)O. The van der Waals surface area contributed by atoms with Gasteiger partial charge in [0.2, 0.25) is 0 Å². The van der Waals surface area contributed by atoms with Crippen molar-refractivity contribution in [3.05, 3.63) is 51.5 Å². The minimum atomic E-state index is -0.966. The number of aryl methyl sites for hydroxylation is 2. The Morgan fingerprint density at radius 2 is 2.09 bits per heavy atom. The van der Waals surface area contributed by atoms with Crippen LogP contribution in [0.4, 0.5) is 0 Å². The van der Waals surface area contributed by atoms with Crippen LogP contribution in [0.5, 0.6) is 0 Å². The third-order valence-electron chi connectivity index (χ3n) is 3.54. The molecule has 0 saturated carbocycles. The van der Waals surface area contributed by atoms with Crippen molar-refractivity contribution in [1.82, 2.24) is 4.98 Å². The third-order valence-corrected chi connectivity index (χ3v) is 4.86. The van der Waals surface area contributed by atoms with E-state index in [1.807, 2.05) is 30.3 Å². The van der Waals surface area contributed by atoms with Crippen LogP contribution in [0, 0.1) is 6.92 Å². The number of thiazole rings is 1. The van der Waals surface area contributed by atoms with Gasteiger partial charge in [0, 0.05) is 0 Å². The second-order valence-corrected chi connectivity index (χ2v) is 6.08. The number of aromatic nitrogens is 1. The summed E-state index contributed by atoms with van der Waals surface area (Å²) < 4.78 is 0. The highest BCUT2D eigenvalue weighted by atomic mass is 32.1. The molecule has 1 aliphatic rings. The first-order valence-electron chi connectivity index (χ1n) is 6.82. The van der Waals surface area contributed by atoms with Gasteiger partial charge < -0.3 is 5.11 Å². The van der Waals surface area contributed by atoms with Gasteiger partial charge in [-0.1, -0.05) is 30.3 Å². The molecule has 22 heavy (non-hydrogen) atoms. The molecule has 1 aromatic carbocycles. The zero-order chi connectivity index (χ0) is 15.6. The van der Waals surface area contributed by atoms with Gasteiger partial charge in [-0.2, -0.15) is 0 Å². The lowest BCUT2D eigenvalue weighted by Gasteiger charge is -2.18. The molecule has 1 aromatic heterocycles. The average Bonchev–Trinajstić information content (AvgIpc) is 3.14. The van der Waals surface area contributed by atoms with E-state index in [1.165, 1.54) is 5.56 Å². The van der Waals surface area contributed by atoms with Crippen LogP contribution in [0.25, 0.3) is 0 Å². The van der Waals surface area contributed by atoms with Gasteiger partial charge in [-0.25, -0.2) is 9.78 Å². The summed E-state index contributed by atoms with van der Waals surface area (Å²) in [6, 6.07) is 10.0. The van der Waals surface area contributed by atoms with E-state index in [0.717, 1.165) is 17.8 Å². The number of aromatic carboxylic acids is 1. The monoisotopic (exact) mass is 314 g/mol. The normalized spacial score (nSPS) is 19.7. The maximum absolute atomic E-state index is 11.2. The van der Waals surface area contributed by atoms with Gasteiger partial charge in [-0.15, -0.1) is 21.6 Å². The Morgan fingerprint density at radius 1 is 1.32 bits per heavy atom. The summed E-state index contributed by atoms with van der Waals surface area (Å²) in [6.07, 6.45) is 3.09. The van der Waals surface area contributed by atoms with E-state index in [1.54, 1.807) is 13.1 Å².